The van der Waals surface area contributed by atoms with Crippen molar-refractivity contribution < 1.29 is 4.74 Å². The number of halogens is 1. The van der Waals surface area contributed by atoms with Crippen LogP contribution >= 0.6 is 35.3 Å². The second-order valence-electron chi connectivity index (χ2n) is 4.43. The van der Waals surface area contributed by atoms with Crippen LogP contribution in [0.1, 0.15) is 15.3 Å². The molecule has 0 fully saturated rings. The van der Waals surface area contributed by atoms with Crippen molar-refractivity contribution in [3.63, 3.8) is 0 Å². The molecule has 0 bridgehead atoms. The van der Waals surface area contributed by atoms with Crippen molar-refractivity contribution in [2.45, 2.75) is 20.1 Å². The van der Waals surface area contributed by atoms with E-state index in [-0.39, 0.29) is 24.0 Å². The minimum atomic E-state index is 0. The largest absolute Gasteiger partial charge is 0.380 e. The normalized spacial score (nSPS) is 11.0. The Labute approximate surface area is 146 Å². The molecule has 1 heterocycles. The summed E-state index contributed by atoms with van der Waals surface area (Å²) in [6.07, 6.45) is 0. The summed E-state index contributed by atoms with van der Waals surface area (Å²) in [5.41, 5.74) is 7.91. The zero-order valence-corrected chi connectivity index (χ0v) is 15.3. The van der Waals surface area contributed by atoms with Crippen LogP contribution in [0.3, 0.4) is 0 Å². The molecule has 1 aromatic heterocycles. The van der Waals surface area contributed by atoms with Gasteiger partial charge in [-0.25, -0.2) is 4.99 Å². The Hall–Kier alpha value is -1.12. The van der Waals surface area contributed by atoms with Gasteiger partial charge in [0.25, 0.3) is 0 Å². The van der Waals surface area contributed by atoms with Gasteiger partial charge in [-0.3, -0.25) is 0 Å². The third kappa shape index (κ3) is 5.64. The van der Waals surface area contributed by atoms with Crippen LogP contribution in [0.2, 0.25) is 0 Å². The fourth-order valence-corrected chi connectivity index (χ4v) is 2.65. The molecule has 3 N–H and O–H groups in total. The highest BCUT2D eigenvalue weighted by Gasteiger charge is 2.02. The Morgan fingerprint density at radius 1 is 1.29 bits per heavy atom. The summed E-state index contributed by atoms with van der Waals surface area (Å²) >= 11 is 1.74. The van der Waals surface area contributed by atoms with Crippen LogP contribution in [0.4, 0.5) is 5.69 Å². The topological polar surface area (TPSA) is 59.6 Å². The lowest BCUT2D eigenvalue weighted by molar-refractivity contribution is 0.185. The number of hydrogen-bond acceptors (Lipinski definition) is 3. The SMILES string of the molecule is COCc1ccccc1NC(N)=NCc1ccc(C)s1.I. The Bertz CT molecular complexity index is 598. The van der Waals surface area contributed by atoms with Crippen molar-refractivity contribution in [1.29, 1.82) is 0 Å². The zero-order chi connectivity index (χ0) is 14.4. The highest BCUT2D eigenvalue weighted by molar-refractivity contribution is 14.0. The summed E-state index contributed by atoms with van der Waals surface area (Å²) in [6.45, 7) is 3.23. The van der Waals surface area contributed by atoms with Crippen LogP contribution in [0.25, 0.3) is 0 Å². The summed E-state index contributed by atoms with van der Waals surface area (Å²) in [7, 11) is 1.67. The summed E-state index contributed by atoms with van der Waals surface area (Å²) < 4.78 is 5.16. The van der Waals surface area contributed by atoms with E-state index < -0.39 is 0 Å². The number of benzene rings is 1. The third-order valence-electron chi connectivity index (χ3n) is 2.78. The lowest BCUT2D eigenvalue weighted by Gasteiger charge is -2.10. The van der Waals surface area contributed by atoms with Crippen LogP contribution in [0.5, 0.6) is 0 Å². The lowest BCUT2D eigenvalue weighted by atomic mass is 10.2. The molecule has 0 spiro atoms. The number of thiophene rings is 1. The quantitative estimate of drug-likeness (QED) is 0.443. The zero-order valence-electron chi connectivity index (χ0n) is 12.1. The minimum Gasteiger partial charge on any atom is -0.380 e. The minimum absolute atomic E-state index is 0. The molecular weight excluding hydrogens is 397 g/mol. The Kier molecular flexibility index (Phi) is 7.69. The maximum Gasteiger partial charge on any atom is 0.193 e. The number of guanidine groups is 1. The van der Waals surface area contributed by atoms with Gasteiger partial charge in [0.1, 0.15) is 0 Å². The molecule has 114 valence electrons. The van der Waals surface area contributed by atoms with Crippen LogP contribution in [-0.2, 0) is 17.9 Å². The van der Waals surface area contributed by atoms with E-state index in [1.54, 1.807) is 18.4 Å². The maximum absolute atomic E-state index is 5.93. The second-order valence-corrected chi connectivity index (χ2v) is 5.80. The number of hydrogen-bond donors (Lipinski definition) is 2. The van der Waals surface area contributed by atoms with Gasteiger partial charge in [0.05, 0.1) is 13.2 Å². The molecule has 0 saturated heterocycles. The van der Waals surface area contributed by atoms with Gasteiger partial charge in [0, 0.05) is 28.1 Å². The molecule has 0 aliphatic carbocycles. The first kappa shape index (κ1) is 17.9. The summed E-state index contributed by atoms with van der Waals surface area (Å²) in [5, 5.41) is 3.12. The fourth-order valence-electron chi connectivity index (χ4n) is 1.83. The van der Waals surface area contributed by atoms with Crippen molar-refractivity contribution in [2.75, 3.05) is 12.4 Å². The van der Waals surface area contributed by atoms with E-state index in [0.717, 1.165) is 11.3 Å². The van der Waals surface area contributed by atoms with Crippen molar-refractivity contribution in [2.24, 2.45) is 10.7 Å². The molecule has 0 aliphatic rings. The van der Waals surface area contributed by atoms with Gasteiger partial charge in [-0.1, -0.05) is 18.2 Å². The molecule has 0 saturated carbocycles. The van der Waals surface area contributed by atoms with E-state index in [1.807, 2.05) is 24.3 Å². The number of para-hydroxylation sites is 1. The molecular formula is C15H20IN3OS. The Morgan fingerprint density at radius 3 is 2.71 bits per heavy atom. The number of aliphatic imine (C=N–C) groups is 1. The predicted octanol–water partition coefficient (Wildman–Crippen LogP) is 3.75. The first-order valence-electron chi connectivity index (χ1n) is 6.38. The van der Waals surface area contributed by atoms with Gasteiger partial charge < -0.3 is 15.8 Å². The number of ether oxygens (including phenoxy) is 1. The number of methoxy groups -OCH3 is 1. The molecule has 0 aliphatic heterocycles. The maximum atomic E-state index is 5.93. The molecule has 4 nitrogen and oxygen atoms in total. The molecule has 21 heavy (non-hydrogen) atoms. The highest BCUT2D eigenvalue weighted by Crippen LogP contribution is 2.17. The van der Waals surface area contributed by atoms with Crippen LogP contribution in [0, 0.1) is 6.92 Å². The molecule has 2 aromatic rings. The monoisotopic (exact) mass is 417 g/mol. The van der Waals surface area contributed by atoms with Gasteiger partial charge in [-0.2, -0.15) is 0 Å². The standard InChI is InChI=1S/C15H19N3OS.HI/c1-11-7-8-13(20-11)9-17-15(16)18-14-6-4-3-5-12(14)10-19-2;/h3-8H,9-10H2,1-2H3,(H3,16,17,18);1H. The van der Waals surface area contributed by atoms with Crippen molar-refractivity contribution in [1.82, 2.24) is 0 Å². The summed E-state index contributed by atoms with van der Waals surface area (Å²) in [5.74, 6) is 0.416. The Morgan fingerprint density at radius 2 is 2.05 bits per heavy atom. The highest BCUT2D eigenvalue weighted by atomic mass is 127. The van der Waals surface area contributed by atoms with E-state index in [0.29, 0.717) is 19.1 Å². The first-order valence-corrected chi connectivity index (χ1v) is 7.20. The summed E-state index contributed by atoms with van der Waals surface area (Å²) in [4.78, 5) is 6.85. The average molecular weight is 417 g/mol. The molecule has 0 amide bonds. The van der Waals surface area contributed by atoms with Crippen LogP contribution < -0.4 is 11.1 Å². The molecule has 0 atom stereocenters. The number of nitrogens with one attached hydrogen (secondary N) is 1. The molecule has 6 heteroatoms. The fraction of sp³-hybridized carbons (Fsp3) is 0.267. The Balaban J connectivity index is 0.00000220. The number of aryl methyl sites for hydroxylation is 1. The smallest absolute Gasteiger partial charge is 0.193 e. The lowest BCUT2D eigenvalue weighted by Crippen LogP contribution is -2.23. The number of anilines is 1. The predicted molar refractivity (Wildman–Crippen MR) is 101 cm³/mol. The molecule has 2 rings (SSSR count). The average Bonchev–Trinajstić information content (AvgIpc) is 2.85. The summed E-state index contributed by atoms with van der Waals surface area (Å²) in [6, 6.07) is 12.1. The van der Waals surface area contributed by atoms with Gasteiger partial charge in [-0.15, -0.1) is 35.3 Å². The number of rotatable bonds is 5. The van der Waals surface area contributed by atoms with E-state index >= 15 is 0 Å². The van der Waals surface area contributed by atoms with Gasteiger partial charge in [-0.05, 0) is 25.1 Å². The van der Waals surface area contributed by atoms with Crippen LogP contribution in [0.15, 0.2) is 41.4 Å². The van der Waals surface area contributed by atoms with E-state index in [4.69, 9.17) is 10.5 Å². The van der Waals surface area contributed by atoms with Crippen LogP contribution in [-0.4, -0.2) is 13.1 Å². The first-order chi connectivity index (χ1) is 9.69. The third-order valence-corrected chi connectivity index (χ3v) is 3.77. The molecule has 1 aromatic carbocycles. The van der Waals surface area contributed by atoms with Gasteiger partial charge in [0.15, 0.2) is 5.96 Å². The number of nitrogens with zero attached hydrogens (tertiary/aromatic N) is 1. The number of nitrogens with two attached hydrogens (primary N) is 1. The van der Waals surface area contributed by atoms with E-state index in [1.165, 1.54) is 9.75 Å². The molecule has 0 radical (unpaired) electrons. The van der Waals surface area contributed by atoms with E-state index in [9.17, 15) is 0 Å². The van der Waals surface area contributed by atoms with E-state index in [2.05, 4.69) is 29.4 Å². The van der Waals surface area contributed by atoms with Crippen molar-refractivity contribution in [3.05, 3.63) is 51.7 Å². The van der Waals surface area contributed by atoms with Crippen molar-refractivity contribution in [3.8, 4) is 0 Å². The molecule has 0 unspecified atom stereocenters. The van der Waals surface area contributed by atoms with Crippen molar-refractivity contribution >= 4 is 47.0 Å². The van der Waals surface area contributed by atoms with Gasteiger partial charge >= 0.3 is 0 Å². The van der Waals surface area contributed by atoms with Gasteiger partial charge in [0.2, 0.25) is 0 Å². The second kappa shape index (κ2) is 9.01.